The number of rotatable bonds is 4. The molecule has 4 saturated carbocycles. The minimum Gasteiger partial charge on any atom is -0.387 e. The number of hydrogen-bond acceptors (Lipinski definition) is 4. The number of halogens is 1. The lowest BCUT2D eigenvalue weighted by molar-refractivity contribution is -0.134. The highest BCUT2D eigenvalue weighted by atomic mass is 19.1. The van der Waals surface area contributed by atoms with Crippen LogP contribution in [-0.4, -0.2) is 37.9 Å². The van der Waals surface area contributed by atoms with E-state index < -0.39 is 12.3 Å². The van der Waals surface area contributed by atoms with Gasteiger partial charge < -0.3 is 5.11 Å². The quantitative estimate of drug-likeness (QED) is 0.710. The van der Waals surface area contributed by atoms with Crippen LogP contribution in [0.5, 0.6) is 0 Å². The lowest BCUT2D eigenvalue weighted by atomic mass is 9.49. The summed E-state index contributed by atoms with van der Waals surface area (Å²) in [4.78, 5) is 17.8. The Morgan fingerprint density at radius 1 is 1.12 bits per heavy atom. The number of aromatic nitrogens is 3. The van der Waals surface area contributed by atoms with Crippen molar-refractivity contribution in [3.63, 3.8) is 0 Å². The van der Waals surface area contributed by atoms with Crippen molar-refractivity contribution < 1.29 is 14.3 Å². The second-order valence-corrected chi connectivity index (χ2v) is 11.9. The molecule has 0 amide bonds. The highest BCUT2D eigenvalue weighted by Gasteiger charge is 2.59. The fraction of sp³-hybridized carbons (Fsp3) is 0.741. The molecule has 2 heterocycles. The molecule has 1 unspecified atom stereocenters. The first-order valence-corrected chi connectivity index (χ1v) is 13.0. The standard InChI is InChI=1S/C27H36FN3O2/c1-26-9-6-20-19-7-10-27(33,16-28)12-17(19)2-3-21(20)22(26)4-5-23(26)25(32)15-31-24-14-29-11-8-18(24)13-30-31/h8,11,13-14,17,19-23,33H,2-7,9-10,12,15-16H2,1H3/t17-,19?,20-,21-,22+,23-,26+,27-/m1/s1. The van der Waals surface area contributed by atoms with E-state index in [1.54, 1.807) is 12.4 Å². The summed E-state index contributed by atoms with van der Waals surface area (Å²) in [6.07, 6.45) is 14.4. The first kappa shape index (κ1) is 21.7. The van der Waals surface area contributed by atoms with E-state index >= 15 is 0 Å². The highest BCUT2D eigenvalue weighted by molar-refractivity contribution is 5.84. The summed E-state index contributed by atoms with van der Waals surface area (Å²) in [5.41, 5.74) is -0.0624. The van der Waals surface area contributed by atoms with Gasteiger partial charge in [0.2, 0.25) is 0 Å². The van der Waals surface area contributed by atoms with Gasteiger partial charge in [-0.1, -0.05) is 6.92 Å². The summed E-state index contributed by atoms with van der Waals surface area (Å²) >= 11 is 0. The van der Waals surface area contributed by atoms with E-state index in [0.29, 0.717) is 54.8 Å². The van der Waals surface area contributed by atoms with Gasteiger partial charge in [-0.3, -0.25) is 14.5 Å². The van der Waals surface area contributed by atoms with Gasteiger partial charge in [-0.05, 0) is 98.9 Å². The van der Waals surface area contributed by atoms with Crippen molar-refractivity contribution in [1.82, 2.24) is 14.8 Å². The summed E-state index contributed by atoms with van der Waals surface area (Å²) in [5, 5.41) is 16.0. The van der Waals surface area contributed by atoms with Crippen LogP contribution in [-0.2, 0) is 11.3 Å². The molecule has 4 aliphatic carbocycles. The highest BCUT2D eigenvalue weighted by Crippen LogP contribution is 2.64. The van der Waals surface area contributed by atoms with E-state index in [2.05, 4.69) is 17.0 Å². The van der Waals surface area contributed by atoms with Crippen molar-refractivity contribution in [1.29, 1.82) is 0 Å². The molecule has 8 atom stereocenters. The van der Waals surface area contributed by atoms with Gasteiger partial charge in [0.05, 0.1) is 23.5 Å². The van der Waals surface area contributed by atoms with Crippen LogP contribution in [0.3, 0.4) is 0 Å². The van der Waals surface area contributed by atoms with Crippen LogP contribution in [0.2, 0.25) is 0 Å². The van der Waals surface area contributed by atoms with Crippen LogP contribution in [0.25, 0.3) is 10.9 Å². The molecule has 178 valence electrons. The second-order valence-electron chi connectivity index (χ2n) is 11.9. The Balaban J connectivity index is 1.19. The number of carbonyl (C=O) groups excluding carboxylic acids is 1. The van der Waals surface area contributed by atoms with Crippen molar-refractivity contribution in [3.8, 4) is 0 Å². The molecular weight excluding hydrogens is 417 g/mol. The lowest BCUT2D eigenvalue weighted by Crippen LogP contribution is -2.52. The average Bonchev–Trinajstić information content (AvgIpc) is 3.39. The Bertz CT molecular complexity index is 1050. The zero-order valence-corrected chi connectivity index (χ0v) is 19.6. The summed E-state index contributed by atoms with van der Waals surface area (Å²) in [6, 6.07) is 1.94. The molecule has 0 spiro atoms. The summed E-state index contributed by atoms with van der Waals surface area (Å²) in [7, 11) is 0. The van der Waals surface area contributed by atoms with Gasteiger partial charge in [-0.25, -0.2) is 4.39 Å². The number of fused-ring (bicyclic) bond motifs is 6. The van der Waals surface area contributed by atoms with Gasteiger partial charge >= 0.3 is 0 Å². The smallest absolute Gasteiger partial charge is 0.157 e. The minimum atomic E-state index is -1.08. The van der Waals surface area contributed by atoms with E-state index in [4.69, 9.17) is 0 Å². The molecule has 2 aromatic heterocycles. The van der Waals surface area contributed by atoms with Crippen LogP contribution < -0.4 is 0 Å². The predicted molar refractivity (Wildman–Crippen MR) is 124 cm³/mol. The van der Waals surface area contributed by atoms with Gasteiger partial charge in [0, 0.05) is 17.5 Å². The second kappa shape index (κ2) is 7.86. The van der Waals surface area contributed by atoms with Gasteiger partial charge in [0.15, 0.2) is 5.78 Å². The molecule has 0 saturated heterocycles. The van der Waals surface area contributed by atoms with Crippen molar-refractivity contribution in [2.45, 2.75) is 76.9 Å². The third-order valence-corrected chi connectivity index (χ3v) is 10.5. The molecule has 1 N–H and O–H groups in total. The molecule has 0 bridgehead atoms. The van der Waals surface area contributed by atoms with Crippen molar-refractivity contribution in [2.75, 3.05) is 6.67 Å². The average molecular weight is 454 g/mol. The zero-order valence-electron chi connectivity index (χ0n) is 19.6. The fourth-order valence-electron chi connectivity index (χ4n) is 8.91. The Kier molecular flexibility index (Phi) is 5.17. The largest absolute Gasteiger partial charge is 0.387 e. The van der Waals surface area contributed by atoms with Crippen LogP contribution in [0, 0.1) is 40.9 Å². The maximum Gasteiger partial charge on any atom is 0.157 e. The predicted octanol–water partition coefficient (Wildman–Crippen LogP) is 4.97. The molecule has 0 aliphatic heterocycles. The van der Waals surface area contributed by atoms with Crippen molar-refractivity contribution in [3.05, 3.63) is 24.7 Å². The summed E-state index contributed by atoms with van der Waals surface area (Å²) < 4.78 is 15.3. The molecule has 0 radical (unpaired) electrons. The van der Waals surface area contributed by atoms with Crippen LogP contribution in [0.15, 0.2) is 24.7 Å². The van der Waals surface area contributed by atoms with Gasteiger partial charge in [-0.15, -0.1) is 0 Å². The Labute approximate surface area is 195 Å². The maximum absolute atomic E-state index is 13.6. The number of nitrogens with zero attached hydrogens (tertiary/aromatic N) is 3. The van der Waals surface area contributed by atoms with Crippen LogP contribution in [0.1, 0.15) is 64.7 Å². The van der Waals surface area contributed by atoms with Gasteiger partial charge in [0.1, 0.15) is 13.2 Å². The van der Waals surface area contributed by atoms with Gasteiger partial charge in [0.25, 0.3) is 0 Å². The number of hydrogen-bond donors (Lipinski definition) is 1. The number of ketones is 1. The number of aliphatic hydroxyl groups is 1. The molecule has 4 aliphatic rings. The summed E-state index contributed by atoms with van der Waals surface area (Å²) in [5.74, 6) is 3.55. The third kappa shape index (κ3) is 3.38. The van der Waals surface area contributed by atoms with E-state index in [1.807, 2.05) is 16.9 Å². The fourth-order valence-corrected chi connectivity index (χ4v) is 8.91. The number of Topliss-reactive ketones (excluding diaryl/α,β-unsaturated/α-hetero) is 1. The van der Waals surface area contributed by atoms with Crippen LogP contribution in [0.4, 0.5) is 4.39 Å². The monoisotopic (exact) mass is 453 g/mol. The third-order valence-electron chi connectivity index (χ3n) is 10.5. The molecule has 6 rings (SSSR count). The number of carbonyl (C=O) groups is 1. The van der Waals surface area contributed by atoms with Crippen LogP contribution >= 0.6 is 0 Å². The Morgan fingerprint density at radius 3 is 2.82 bits per heavy atom. The lowest BCUT2D eigenvalue weighted by Gasteiger charge is -2.56. The maximum atomic E-state index is 13.6. The molecule has 6 heteroatoms. The van der Waals surface area contributed by atoms with E-state index in [1.165, 1.54) is 12.8 Å². The zero-order chi connectivity index (χ0) is 22.8. The molecular formula is C27H36FN3O2. The molecule has 4 fully saturated rings. The normalized spacial score (nSPS) is 42.5. The van der Waals surface area contributed by atoms with Crippen molar-refractivity contribution in [2.24, 2.45) is 40.9 Å². The number of alkyl halides is 1. The Hall–Kier alpha value is -1.82. The molecule has 33 heavy (non-hydrogen) atoms. The topological polar surface area (TPSA) is 68.0 Å². The van der Waals surface area contributed by atoms with E-state index in [9.17, 15) is 14.3 Å². The molecule has 5 nitrogen and oxygen atoms in total. The number of pyridine rings is 1. The molecule has 2 aromatic rings. The molecule has 0 aromatic carbocycles. The minimum absolute atomic E-state index is 0.0840. The van der Waals surface area contributed by atoms with E-state index in [-0.39, 0.29) is 11.3 Å². The Morgan fingerprint density at radius 2 is 1.97 bits per heavy atom. The SMILES string of the molecule is C[C@]12CC[C@@H]3C4CC[C@](O)(CF)C[C@H]4CC[C@H]3[C@@H]1CC[C@@H]2C(=O)Cn1ncc2ccncc21. The van der Waals surface area contributed by atoms with Gasteiger partial charge in [-0.2, -0.15) is 5.10 Å². The van der Waals surface area contributed by atoms with Crippen molar-refractivity contribution >= 4 is 16.7 Å². The first-order valence-electron chi connectivity index (χ1n) is 13.0. The summed E-state index contributed by atoms with van der Waals surface area (Å²) in [6.45, 7) is 2.13. The van der Waals surface area contributed by atoms with E-state index in [0.717, 1.165) is 43.0 Å². The first-order chi connectivity index (χ1) is 15.9.